The maximum absolute atomic E-state index is 11.4. The van der Waals surface area contributed by atoms with E-state index in [-0.39, 0.29) is 11.5 Å². The van der Waals surface area contributed by atoms with Gasteiger partial charge in [0.15, 0.2) is 23.0 Å². The first-order chi connectivity index (χ1) is 19.1. The van der Waals surface area contributed by atoms with Gasteiger partial charge in [-0.15, -0.1) is 19.9 Å². The van der Waals surface area contributed by atoms with Gasteiger partial charge in [0.1, 0.15) is 5.69 Å². The molecular weight excluding hydrogens is 500 g/mol. The molecule has 0 radical (unpaired) electrons. The number of fused-ring (bicyclic) bond motifs is 1. The summed E-state index contributed by atoms with van der Waals surface area (Å²) in [5, 5.41) is 15.8. The Morgan fingerprint density at radius 1 is 0.846 bits per heavy atom. The summed E-state index contributed by atoms with van der Waals surface area (Å²) in [7, 11) is 6.34. The average molecular weight is 531 g/mol. The zero-order valence-electron chi connectivity index (χ0n) is 22.4. The smallest absolute Gasteiger partial charge is 0.207 e. The molecule has 0 unspecified atom stereocenters. The average Bonchev–Trinajstić information content (AvgIpc) is 3.48. The van der Waals surface area contributed by atoms with E-state index >= 15 is 0 Å². The van der Waals surface area contributed by atoms with E-state index in [2.05, 4.69) is 49.8 Å². The maximum Gasteiger partial charge on any atom is 0.207 e. The molecule has 4 aromatic rings. The van der Waals surface area contributed by atoms with Gasteiger partial charge in [-0.25, -0.2) is 0 Å². The van der Waals surface area contributed by atoms with Gasteiger partial charge in [-0.3, -0.25) is 4.90 Å². The molecule has 0 atom stereocenters. The number of nitrogens with zero attached hydrogens (tertiary/aromatic N) is 6. The molecule has 0 amide bonds. The summed E-state index contributed by atoms with van der Waals surface area (Å²) in [4.78, 5) is 15.3. The molecule has 0 spiro atoms. The van der Waals surface area contributed by atoms with Crippen molar-refractivity contribution in [2.24, 2.45) is 5.18 Å². The van der Waals surface area contributed by atoms with Crippen LogP contribution in [0, 0.1) is 4.91 Å². The molecule has 39 heavy (non-hydrogen) atoms. The highest BCUT2D eigenvalue weighted by molar-refractivity contribution is 5.75. The summed E-state index contributed by atoms with van der Waals surface area (Å²) in [6.07, 6.45) is 1.90. The van der Waals surface area contributed by atoms with Crippen LogP contribution in [0.25, 0.3) is 17.1 Å². The van der Waals surface area contributed by atoms with Crippen LogP contribution in [0.5, 0.6) is 23.0 Å². The molecule has 11 heteroatoms. The SMILES string of the molecule is COc1cc2c(cc1OC)CN(CCc1ccc(-n3nnc(-c4cc(OC)c(OC)cc4N=O)n3)cc1)CC2. The molecule has 1 aromatic heterocycles. The van der Waals surface area contributed by atoms with Crippen molar-refractivity contribution >= 4 is 5.69 Å². The van der Waals surface area contributed by atoms with Crippen LogP contribution in [0.3, 0.4) is 0 Å². The minimum Gasteiger partial charge on any atom is -0.493 e. The minimum absolute atomic E-state index is 0.139. The second kappa shape index (κ2) is 11.5. The van der Waals surface area contributed by atoms with Gasteiger partial charge in [-0.2, -0.15) is 0 Å². The van der Waals surface area contributed by atoms with Crippen LogP contribution in [0.1, 0.15) is 16.7 Å². The third-order valence-corrected chi connectivity index (χ3v) is 6.94. The first-order valence-electron chi connectivity index (χ1n) is 12.5. The predicted molar refractivity (Wildman–Crippen MR) is 145 cm³/mol. The first-order valence-corrected chi connectivity index (χ1v) is 12.5. The Morgan fingerprint density at radius 2 is 1.49 bits per heavy atom. The molecule has 1 aliphatic rings. The van der Waals surface area contributed by atoms with E-state index in [4.69, 9.17) is 18.9 Å². The van der Waals surface area contributed by atoms with E-state index in [1.165, 1.54) is 41.8 Å². The summed E-state index contributed by atoms with van der Waals surface area (Å²) < 4.78 is 21.5. The van der Waals surface area contributed by atoms with Crippen molar-refractivity contribution in [1.82, 2.24) is 25.1 Å². The molecule has 11 nitrogen and oxygen atoms in total. The molecular formula is C28H30N6O5. The van der Waals surface area contributed by atoms with Gasteiger partial charge in [0, 0.05) is 25.7 Å². The Labute approximate surface area is 226 Å². The van der Waals surface area contributed by atoms with Crippen molar-refractivity contribution in [2.75, 3.05) is 41.5 Å². The number of methoxy groups -OCH3 is 4. The number of rotatable bonds is 10. The zero-order chi connectivity index (χ0) is 27.4. The highest BCUT2D eigenvalue weighted by Gasteiger charge is 2.20. The molecule has 2 heterocycles. The van der Waals surface area contributed by atoms with Crippen molar-refractivity contribution in [3.63, 3.8) is 0 Å². The van der Waals surface area contributed by atoms with Gasteiger partial charge in [0.05, 0.1) is 39.7 Å². The molecule has 5 rings (SSSR count). The molecule has 0 N–H and O–H groups in total. The van der Waals surface area contributed by atoms with Crippen molar-refractivity contribution in [3.8, 4) is 40.1 Å². The molecule has 202 valence electrons. The zero-order valence-corrected chi connectivity index (χ0v) is 22.4. The van der Waals surface area contributed by atoms with Crippen LogP contribution < -0.4 is 18.9 Å². The number of tetrazole rings is 1. The van der Waals surface area contributed by atoms with Gasteiger partial charge in [-0.05, 0) is 70.3 Å². The number of ether oxygens (including phenoxy) is 4. The predicted octanol–water partition coefficient (Wildman–Crippen LogP) is 4.36. The fourth-order valence-corrected chi connectivity index (χ4v) is 4.77. The van der Waals surface area contributed by atoms with Crippen LogP contribution >= 0.6 is 0 Å². The van der Waals surface area contributed by atoms with E-state index in [1.54, 1.807) is 20.3 Å². The molecule has 0 saturated carbocycles. The van der Waals surface area contributed by atoms with Crippen molar-refractivity contribution in [2.45, 2.75) is 19.4 Å². The normalized spacial score (nSPS) is 13.0. The van der Waals surface area contributed by atoms with Gasteiger partial charge in [0.25, 0.3) is 0 Å². The third-order valence-electron chi connectivity index (χ3n) is 6.94. The summed E-state index contributed by atoms with van der Waals surface area (Å²) in [6, 6.07) is 15.3. The van der Waals surface area contributed by atoms with Gasteiger partial charge < -0.3 is 18.9 Å². The highest BCUT2D eigenvalue weighted by Crippen LogP contribution is 2.39. The van der Waals surface area contributed by atoms with E-state index in [0.717, 1.165) is 49.7 Å². The summed E-state index contributed by atoms with van der Waals surface area (Å²) in [5.74, 6) is 2.64. The van der Waals surface area contributed by atoms with E-state index < -0.39 is 0 Å². The number of benzene rings is 3. The fourth-order valence-electron chi connectivity index (χ4n) is 4.77. The molecule has 0 bridgehead atoms. The van der Waals surface area contributed by atoms with Crippen molar-refractivity contribution in [3.05, 3.63) is 70.1 Å². The van der Waals surface area contributed by atoms with E-state index in [0.29, 0.717) is 17.1 Å². The van der Waals surface area contributed by atoms with E-state index in [1.807, 2.05) is 12.1 Å². The van der Waals surface area contributed by atoms with Gasteiger partial charge >= 0.3 is 0 Å². The Kier molecular flexibility index (Phi) is 7.69. The lowest BCUT2D eigenvalue weighted by molar-refractivity contribution is 0.255. The highest BCUT2D eigenvalue weighted by atomic mass is 16.5. The maximum atomic E-state index is 11.4. The second-order valence-corrected chi connectivity index (χ2v) is 9.14. The quantitative estimate of drug-likeness (QED) is 0.276. The topological polar surface area (TPSA) is 113 Å². The number of hydrogen-bond acceptors (Lipinski definition) is 10. The fraction of sp³-hybridized carbons (Fsp3) is 0.321. The molecule has 3 aromatic carbocycles. The largest absolute Gasteiger partial charge is 0.493 e. The molecule has 0 fully saturated rings. The van der Waals surface area contributed by atoms with Crippen LogP contribution in [0.2, 0.25) is 0 Å². The Hall–Kier alpha value is -4.51. The number of nitroso groups, excluding NO2 is 1. The summed E-state index contributed by atoms with van der Waals surface area (Å²) >= 11 is 0. The third kappa shape index (κ3) is 5.39. The monoisotopic (exact) mass is 530 g/mol. The lowest BCUT2D eigenvalue weighted by atomic mass is 9.98. The number of aromatic nitrogens is 4. The van der Waals surface area contributed by atoms with Crippen molar-refractivity contribution < 1.29 is 18.9 Å². The van der Waals surface area contributed by atoms with E-state index in [9.17, 15) is 4.91 Å². The van der Waals surface area contributed by atoms with Crippen molar-refractivity contribution in [1.29, 1.82) is 0 Å². The second-order valence-electron chi connectivity index (χ2n) is 9.14. The Bertz CT molecular complexity index is 1470. The van der Waals surface area contributed by atoms with Crippen LogP contribution in [0.15, 0.2) is 53.7 Å². The standard InChI is InChI=1S/C28H30N6O5/c1-36-24-13-19-10-12-33(17-20(19)14-25(24)37-2)11-9-18-5-7-21(8-6-18)34-30-28(29-32-34)22-15-26(38-3)27(39-4)16-23(22)31-35/h5-8,13-16H,9-12,17H2,1-4H3. The molecule has 0 aliphatic carbocycles. The lowest BCUT2D eigenvalue weighted by Crippen LogP contribution is -2.32. The van der Waals surface area contributed by atoms with Crippen LogP contribution in [0.4, 0.5) is 5.69 Å². The Morgan fingerprint density at radius 3 is 2.15 bits per heavy atom. The Balaban J connectivity index is 1.25. The summed E-state index contributed by atoms with van der Waals surface area (Å²) in [6.45, 7) is 2.83. The van der Waals surface area contributed by atoms with Gasteiger partial charge in [-0.1, -0.05) is 12.1 Å². The summed E-state index contributed by atoms with van der Waals surface area (Å²) in [5.41, 5.74) is 5.11. The lowest BCUT2D eigenvalue weighted by Gasteiger charge is -2.29. The first kappa shape index (κ1) is 26.1. The number of hydrogen-bond donors (Lipinski definition) is 0. The van der Waals surface area contributed by atoms with Gasteiger partial charge in [0.2, 0.25) is 5.82 Å². The van der Waals surface area contributed by atoms with Crippen LogP contribution in [-0.4, -0.2) is 66.6 Å². The van der Waals surface area contributed by atoms with Crippen LogP contribution in [-0.2, 0) is 19.4 Å². The minimum atomic E-state index is 0.139. The molecule has 0 saturated heterocycles. The molecule has 1 aliphatic heterocycles.